The average Bonchev–Trinajstić information content (AvgIpc) is 3.31. The van der Waals surface area contributed by atoms with Gasteiger partial charge in [-0.3, -0.25) is 9.59 Å². The third kappa shape index (κ3) is 2.89. The lowest BCUT2D eigenvalue weighted by Gasteiger charge is -2.39. The second kappa shape index (κ2) is 6.59. The smallest absolute Gasteiger partial charge is 0.289 e. The van der Waals surface area contributed by atoms with Crippen molar-refractivity contribution in [2.45, 2.75) is 25.8 Å². The van der Waals surface area contributed by atoms with Crippen molar-refractivity contribution >= 4 is 11.8 Å². The van der Waals surface area contributed by atoms with Crippen LogP contribution in [0.5, 0.6) is 0 Å². The third-order valence-electron chi connectivity index (χ3n) is 5.52. The third-order valence-corrected chi connectivity index (χ3v) is 5.52. The van der Waals surface area contributed by atoms with Crippen molar-refractivity contribution in [2.24, 2.45) is 5.41 Å². The van der Waals surface area contributed by atoms with Gasteiger partial charge in [0.2, 0.25) is 5.91 Å². The topological polar surface area (TPSA) is 53.8 Å². The maximum absolute atomic E-state index is 14.0. The molecular formula is C20H21FN2O3. The Morgan fingerprint density at radius 3 is 2.77 bits per heavy atom. The Hall–Kier alpha value is -2.63. The molecule has 0 aliphatic carbocycles. The van der Waals surface area contributed by atoms with E-state index in [1.54, 1.807) is 40.1 Å². The Balaban J connectivity index is 1.49. The fourth-order valence-corrected chi connectivity index (χ4v) is 4.12. The quantitative estimate of drug-likeness (QED) is 0.849. The summed E-state index contributed by atoms with van der Waals surface area (Å²) in [7, 11) is 0. The molecule has 2 saturated heterocycles. The molecule has 136 valence electrons. The van der Waals surface area contributed by atoms with Gasteiger partial charge in [-0.25, -0.2) is 4.39 Å². The van der Waals surface area contributed by atoms with Crippen LogP contribution in [-0.2, 0) is 11.3 Å². The molecular weight excluding hydrogens is 335 g/mol. The van der Waals surface area contributed by atoms with Crippen molar-refractivity contribution in [1.29, 1.82) is 0 Å². The lowest BCUT2D eigenvalue weighted by Crippen LogP contribution is -2.50. The lowest BCUT2D eigenvalue weighted by molar-refractivity contribution is -0.146. The van der Waals surface area contributed by atoms with Gasteiger partial charge in [-0.2, -0.15) is 0 Å². The maximum Gasteiger partial charge on any atom is 0.289 e. The van der Waals surface area contributed by atoms with Crippen LogP contribution in [0.15, 0.2) is 47.1 Å². The predicted molar refractivity (Wildman–Crippen MR) is 92.7 cm³/mol. The molecule has 2 amide bonds. The molecule has 2 aliphatic rings. The first-order valence-electron chi connectivity index (χ1n) is 8.95. The van der Waals surface area contributed by atoms with Gasteiger partial charge in [0.05, 0.1) is 11.7 Å². The van der Waals surface area contributed by atoms with Gasteiger partial charge in [-0.05, 0) is 37.5 Å². The van der Waals surface area contributed by atoms with Crippen LogP contribution in [0.2, 0.25) is 0 Å². The number of furan rings is 1. The molecule has 1 atom stereocenters. The summed E-state index contributed by atoms with van der Waals surface area (Å²) in [6.45, 7) is 1.85. The number of rotatable bonds is 3. The maximum atomic E-state index is 14.0. The predicted octanol–water partition coefficient (Wildman–Crippen LogP) is 3.07. The summed E-state index contributed by atoms with van der Waals surface area (Å²) in [5, 5.41) is 0. The zero-order valence-corrected chi connectivity index (χ0v) is 14.5. The van der Waals surface area contributed by atoms with E-state index in [9.17, 15) is 14.0 Å². The minimum atomic E-state index is -0.550. The van der Waals surface area contributed by atoms with Gasteiger partial charge in [-0.15, -0.1) is 0 Å². The summed E-state index contributed by atoms with van der Waals surface area (Å²) in [5.41, 5.74) is -0.0226. The number of carbonyl (C=O) groups excluding carboxylic acids is 2. The van der Waals surface area contributed by atoms with Crippen LogP contribution in [0.25, 0.3) is 0 Å². The van der Waals surface area contributed by atoms with Crippen molar-refractivity contribution in [3.8, 4) is 0 Å². The first-order chi connectivity index (χ1) is 12.6. The standard InChI is InChI=1S/C20H21FN2O3/c21-16-6-2-1-5-15(16)13-22-10-4-8-20(19(22)25)9-11-23(14-20)18(24)17-7-3-12-26-17/h1-3,5-7,12H,4,8-11,13-14H2/t20-/m1/s1. The minimum absolute atomic E-state index is 0.0294. The van der Waals surface area contributed by atoms with Gasteiger partial charge in [-0.1, -0.05) is 18.2 Å². The Morgan fingerprint density at radius 2 is 2.00 bits per heavy atom. The molecule has 1 spiro atoms. The summed E-state index contributed by atoms with van der Waals surface area (Å²) in [4.78, 5) is 29.1. The fraction of sp³-hybridized carbons (Fsp3) is 0.400. The van der Waals surface area contributed by atoms with E-state index < -0.39 is 5.41 Å². The van der Waals surface area contributed by atoms with Gasteiger partial charge < -0.3 is 14.2 Å². The van der Waals surface area contributed by atoms with Gasteiger partial charge in [0, 0.05) is 31.7 Å². The number of likely N-dealkylation sites (tertiary alicyclic amines) is 2. The molecule has 1 aromatic carbocycles. The Bertz CT molecular complexity index is 820. The molecule has 1 aromatic heterocycles. The second-order valence-corrected chi connectivity index (χ2v) is 7.16. The Kier molecular flexibility index (Phi) is 4.26. The monoisotopic (exact) mass is 356 g/mol. The second-order valence-electron chi connectivity index (χ2n) is 7.16. The van der Waals surface area contributed by atoms with E-state index >= 15 is 0 Å². The van der Waals surface area contributed by atoms with Gasteiger partial charge in [0.1, 0.15) is 5.82 Å². The molecule has 0 N–H and O–H groups in total. The van der Waals surface area contributed by atoms with E-state index in [0.717, 1.165) is 12.8 Å². The first kappa shape index (κ1) is 16.8. The average molecular weight is 356 g/mol. The van der Waals surface area contributed by atoms with Crippen LogP contribution in [0.3, 0.4) is 0 Å². The SMILES string of the molecule is O=C(c1ccco1)N1CC[C@]2(CCCN(Cc3ccccc3F)C2=O)C1. The summed E-state index contributed by atoms with van der Waals surface area (Å²) in [6.07, 6.45) is 3.75. The Labute approximate surface area is 151 Å². The van der Waals surface area contributed by atoms with Gasteiger partial charge in [0.25, 0.3) is 5.91 Å². The number of carbonyl (C=O) groups is 2. The molecule has 0 radical (unpaired) electrons. The molecule has 2 aliphatic heterocycles. The van der Waals surface area contributed by atoms with E-state index in [2.05, 4.69) is 0 Å². The van der Waals surface area contributed by atoms with E-state index in [-0.39, 0.29) is 24.2 Å². The number of piperidine rings is 1. The van der Waals surface area contributed by atoms with Crippen molar-refractivity contribution < 1.29 is 18.4 Å². The molecule has 2 fully saturated rings. The molecule has 3 heterocycles. The van der Waals surface area contributed by atoms with Gasteiger partial charge >= 0.3 is 0 Å². The normalized spacial score (nSPS) is 23.0. The fourth-order valence-electron chi connectivity index (χ4n) is 4.12. The number of amides is 2. The number of nitrogens with zero attached hydrogens (tertiary/aromatic N) is 2. The van der Waals surface area contributed by atoms with Gasteiger partial charge in [0.15, 0.2) is 5.76 Å². The number of benzene rings is 1. The van der Waals surface area contributed by atoms with E-state index in [1.807, 2.05) is 0 Å². The van der Waals surface area contributed by atoms with E-state index in [0.29, 0.717) is 37.4 Å². The summed E-state index contributed by atoms with van der Waals surface area (Å²) in [6, 6.07) is 9.88. The number of hydrogen-bond acceptors (Lipinski definition) is 3. The van der Waals surface area contributed by atoms with Crippen LogP contribution in [-0.4, -0.2) is 41.2 Å². The van der Waals surface area contributed by atoms with Crippen LogP contribution in [0.4, 0.5) is 4.39 Å². The van der Waals surface area contributed by atoms with Crippen LogP contribution < -0.4 is 0 Å². The minimum Gasteiger partial charge on any atom is -0.459 e. The molecule has 26 heavy (non-hydrogen) atoms. The van der Waals surface area contributed by atoms with E-state index in [4.69, 9.17) is 4.42 Å². The lowest BCUT2D eigenvalue weighted by atomic mass is 9.78. The molecule has 2 aromatic rings. The highest BCUT2D eigenvalue weighted by Crippen LogP contribution is 2.41. The highest BCUT2D eigenvalue weighted by Gasteiger charge is 2.49. The molecule has 4 rings (SSSR count). The largest absolute Gasteiger partial charge is 0.459 e. The zero-order valence-electron chi connectivity index (χ0n) is 14.5. The van der Waals surface area contributed by atoms with Crippen molar-refractivity contribution in [3.05, 3.63) is 59.8 Å². The Morgan fingerprint density at radius 1 is 1.15 bits per heavy atom. The number of halogens is 1. The molecule has 0 bridgehead atoms. The molecule has 0 unspecified atom stereocenters. The van der Waals surface area contributed by atoms with Crippen molar-refractivity contribution in [1.82, 2.24) is 9.80 Å². The zero-order chi connectivity index (χ0) is 18.1. The summed E-state index contributed by atoms with van der Waals surface area (Å²) >= 11 is 0. The van der Waals surface area contributed by atoms with E-state index in [1.165, 1.54) is 12.3 Å². The van der Waals surface area contributed by atoms with Crippen LogP contribution in [0, 0.1) is 11.2 Å². The molecule has 6 heteroatoms. The van der Waals surface area contributed by atoms with Crippen molar-refractivity contribution in [2.75, 3.05) is 19.6 Å². The molecule has 0 saturated carbocycles. The molecule has 5 nitrogen and oxygen atoms in total. The highest BCUT2D eigenvalue weighted by atomic mass is 19.1. The number of hydrogen-bond donors (Lipinski definition) is 0. The van der Waals surface area contributed by atoms with Crippen molar-refractivity contribution in [3.63, 3.8) is 0 Å². The van der Waals surface area contributed by atoms with Crippen LogP contribution >= 0.6 is 0 Å². The first-order valence-corrected chi connectivity index (χ1v) is 8.95. The summed E-state index contributed by atoms with van der Waals surface area (Å²) in [5.74, 6) is -0.137. The highest BCUT2D eigenvalue weighted by molar-refractivity contribution is 5.93. The summed E-state index contributed by atoms with van der Waals surface area (Å²) < 4.78 is 19.2. The van der Waals surface area contributed by atoms with Crippen LogP contribution in [0.1, 0.15) is 35.4 Å².